The summed E-state index contributed by atoms with van der Waals surface area (Å²) < 4.78 is 2.17. The zero-order chi connectivity index (χ0) is 14.8. The molecule has 0 aliphatic carbocycles. The minimum Gasteiger partial charge on any atom is -0.310 e. The highest BCUT2D eigenvalue weighted by Crippen LogP contribution is 2.40. The number of nitrogens with zero attached hydrogens (tertiary/aromatic N) is 2. The lowest BCUT2D eigenvalue weighted by Crippen LogP contribution is -2.22. The van der Waals surface area contributed by atoms with E-state index in [0.29, 0.717) is 12.0 Å². The molecular weight excluding hydrogens is 278 g/mol. The van der Waals surface area contributed by atoms with Crippen molar-refractivity contribution in [1.82, 2.24) is 15.1 Å². The highest BCUT2D eigenvalue weighted by molar-refractivity contribution is 7.99. The molecule has 1 unspecified atom stereocenters. The number of aromatic nitrogens is 2. The zero-order valence-electron chi connectivity index (χ0n) is 13.0. The van der Waals surface area contributed by atoms with Crippen LogP contribution >= 0.6 is 11.8 Å². The first kappa shape index (κ1) is 14.7. The highest BCUT2D eigenvalue weighted by atomic mass is 32.2. The maximum absolute atomic E-state index is 4.60. The summed E-state index contributed by atoms with van der Waals surface area (Å²) >= 11 is 1.97. The molecular formula is C17H23N3S. The van der Waals surface area contributed by atoms with E-state index in [-0.39, 0.29) is 0 Å². The van der Waals surface area contributed by atoms with Crippen molar-refractivity contribution in [3.05, 3.63) is 47.3 Å². The van der Waals surface area contributed by atoms with Crippen LogP contribution in [0.15, 0.2) is 35.4 Å². The van der Waals surface area contributed by atoms with Gasteiger partial charge in [0.15, 0.2) is 0 Å². The van der Waals surface area contributed by atoms with Crippen LogP contribution in [0.2, 0.25) is 0 Å². The van der Waals surface area contributed by atoms with E-state index >= 15 is 0 Å². The van der Waals surface area contributed by atoms with Gasteiger partial charge in [-0.05, 0) is 18.6 Å². The van der Waals surface area contributed by atoms with Crippen LogP contribution in [0.25, 0.3) is 0 Å². The molecule has 1 aliphatic rings. The standard InChI is InChI=1S/C17H23N3S/c1-12(2)18-8-14-9-19-20(13(14)3)10-15-11-21-17-7-5-4-6-16(15)17/h4-7,9,12,15,18H,8,10-11H2,1-3H3. The summed E-state index contributed by atoms with van der Waals surface area (Å²) in [6.07, 6.45) is 2.01. The fraction of sp³-hybridized carbons (Fsp3) is 0.471. The SMILES string of the molecule is Cc1c(CNC(C)C)cnn1CC1CSc2ccccc21. The zero-order valence-corrected chi connectivity index (χ0v) is 13.8. The van der Waals surface area contributed by atoms with Crippen molar-refractivity contribution in [2.75, 3.05) is 5.75 Å². The Kier molecular flexibility index (Phi) is 4.36. The first-order valence-corrected chi connectivity index (χ1v) is 8.60. The van der Waals surface area contributed by atoms with Crippen LogP contribution in [0.1, 0.15) is 36.6 Å². The number of hydrogen-bond donors (Lipinski definition) is 1. The average Bonchev–Trinajstić information content (AvgIpc) is 3.03. The van der Waals surface area contributed by atoms with Crippen LogP contribution in [0.4, 0.5) is 0 Å². The number of thioether (sulfide) groups is 1. The summed E-state index contributed by atoms with van der Waals surface area (Å²) in [6.45, 7) is 8.41. The molecule has 0 saturated heterocycles. The molecule has 1 atom stereocenters. The Bertz CT molecular complexity index is 618. The molecule has 3 rings (SSSR count). The average molecular weight is 301 g/mol. The number of rotatable bonds is 5. The van der Waals surface area contributed by atoms with E-state index in [4.69, 9.17) is 0 Å². The quantitative estimate of drug-likeness (QED) is 0.915. The van der Waals surface area contributed by atoms with Crippen LogP contribution in [-0.2, 0) is 13.1 Å². The van der Waals surface area contributed by atoms with Gasteiger partial charge >= 0.3 is 0 Å². The Morgan fingerprint density at radius 1 is 1.38 bits per heavy atom. The molecule has 4 heteroatoms. The molecule has 1 N–H and O–H groups in total. The van der Waals surface area contributed by atoms with E-state index in [9.17, 15) is 0 Å². The molecule has 1 aromatic heterocycles. The van der Waals surface area contributed by atoms with Gasteiger partial charge in [-0.25, -0.2) is 0 Å². The molecule has 1 aromatic carbocycles. The Balaban J connectivity index is 1.72. The van der Waals surface area contributed by atoms with Crippen LogP contribution in [-0.4, -0.2) is 21.6 Å². The van der Waals surface area contributed by atoms with E-state index in [2.05, 4.69) is 60.1 Å². The van der Waals surface area contributed by atoms with E-state index in [1.807, 2.05) is 18.0 Å². The van der Waals surface area contributed by atoms with Gasteiger partial charge in [-0.2, -0.15) is 5.10 Å². The third-order valence-corrected chi connectivity index (χ3v) is 5.35. The number of fused-ring (bicyclic) bond motifs is 1. The summed E-state index contributed by atoms with van der Waals surface area (Å²) in [6, 6.07) is 9.27. The van der Waals surface area contributed by atoms with Crippen molar-refractivity contribution in [1.29, 1.82) is 0 Å². The molecule has 2 heterocycles. The molecule has 2 aromatic rings. The molecule has 112 valence electrons. The van der Waals surface area contributed by atoms with Crippen LogP contribution in [0.5, 0.6) is 0 Å². The maximum atomic E-state index is 4.60. The first-order chi connectivity index (χ1) is 10.1. The molecule has 3 nitrogen and oxygen atoms in total. The highest BCUT2D eigenvalue weighted by Gasteiger charge is 2.23. The first-order valence-electron chi connectivity index (χ1n) is 7.61. The van der Waals surface area contributed by atoms with Crippen molar-refractivity contribution in [2.24, 2.45) is 0 Å². The molecule has 0 bridgehead atoms. The number of hydrogen-bond acceptors (Lipinski definition) is 3. The molecule has 0 radical (unpaired) electrons. The smallest absolute Gasteiger partial charge is 0.0537 e. The lowest BCUT2D eigenvalue weighted by Gasteiger charge is -2.13. The predicted molar refractivity (Wildman–Crippen MR) is 88.8 cm³/mol. The van der Waals surface area contributed by atoms with Crippen molar-refractivity contribution in [3.8, 4) is 0 Å². The van der Waals surface area contributed by atoms with E-state index in [1.165, 1.54) is 21.7 Å². The molecule has 0 amide bonds. The second-order valence-corrected chi connectivity index (χ2v) is 7.08. The fourth-order valence-electron chi connectivity index (χ4n) is 2.75. The third-order valence-electron chi connectivity index (χ3n) is 4.10. The molecule has 0 saturated carbocycles. The Morgan fingerprint density at radius 3 is 3.00 bits per heavy atom. The van der Waals surface area contributed by atoms with Crippen molar-refractivity contribution >= 4 is 11.8 Å². The number of nitrogens with one attached hydrogen (secondary N) is 1. The largest absolute Gasteiger partial charge is 0.310 e. The third kappa shape index (κ3) is 3.16. The van der Waals surface area contributed by atoms with Crippen LogP contribution < -0.4 is 5.32 Å². The van der Waals surface area contributed by atoms with Crippen molar-refractivity contribution in [3.63, 3.8) is 0 Å². The lowest BCUT2D eigenvalue weighted by molar-refractivity contribution is 0.534. The molecule has 1 aliphatic heterocycles. The van der Waals surface area contributed by atoms with Gasteiger partial charge < -0.3 is 5.32 Å². The van der Waals surface area contributed by atoms with Gasteiger partial charge in [-0.1, -0.05) is 32.0 Å². The fourth-order valence-corrected chi connectivity index (χ4v) is 3.99. The second-order valence-electron chi connectivity index (χ2n) is 6.02. The van der Waals surface area contributed by atoms with E-state index in [1.54, 1.807) is 0 Å². The van der Waals surface area contributed by atoms with Crippen LogP contribution in [0, 0.1) is 6.92 Å². The van der Waals surface area contributed by atoms with Gasteiger partial charge in [0.25, 0.3) is 0 Å². The maximum Gasteiger partial charge on any atom is 0.0537 e. The predicted octanol–water partition coefficient (Wildman–Crippen LogP) is 3.58. The number of benzene rings is 1. The topological polar surface area (TPSA) is 29.9 Å². The summed E-state index contributed by atoms with van der Waals surface area (Å²) in [5.41, 5.74) is 4.08. The molecule has 0 fully saturated rings. The Morgan fingerprint density at radius 2 is 2.19 bits per heavy atom. The normalized spacial score (nSPS) is 17.4. The summed E-state index contributed by atoms with van der Waals surface area (Å²) in [5, 5.41) is 8.07. The summed E-state index contributed by atoms with van der Waals surface area (Å²) in [4.78, 5) is 1.44. The lowest BCUT2D eigenvalue weighted by atomic mass is 10.0. The molecule has 0 spiro atoms. The summed E-state index contributed by atoms with van der Waals surface area (Å²) in [7, 11) is 0. The minimum absolute atomic E-state index is 0.505. The van der Waals surface area contributed by atoms with Crippen molar-refractivity contribution in [2.45, 2.75) is 50.7 Å². The van der Waals surface area contributed by atoms with E-state index in [0.717, 1.165) is 18.8 Å². The van der Waals surface area contributed by atoms with Gasteiger partial charge in [0.05, 0.1) is 6.20 Å². The molecule has 21 heavy (non-hydrogen) atoms. The van der Waals surface area contributed by atoms with Crippen LogP contribution in [0.3, 0.4) is 0 Å². The van der Waals surface area contributed by atoms with E-state index < -0.39 is 0 Å². The summed E-state index contributed by atoms with van der Waals surface area (Å²) in [5.74, 6) is 1.74. The Labute approximate surface area is 131 Å². The van der Waals surface area contributed by atoms with Gasteiger partial charge in [-0.3, -0.25) is 4.68 Å². The van der Waals surface area contributed by atoms with Crippen molar-refractivity contribution < 1.29 is 0 Å². The monoisotopic (exact) mass is 301 g/mol. The Hall–Kier alpha value is -1.26. The van der Waals surface area contributed by atoms with Gasteiger partial charge in [0.2, 0.25) is 0 Å². The van der Waals surface area contributed by atoms with Gasteiger partial charge in [-0.15, -0.1) is 11.8 Å². The van der Waals surface area contributed by atoms with Gasteiger partial charge in [0.1, 0.15) is 0 Å². The minimum atomic E-state index is 0.505. The second kappa shape index (κ2) is 6.24. The van der Waals surface area contributed by atoms with Gasteiger partial charge in [0, 0.05) is 47.0 Å².